The van der Waals surface area contributed by atoms with Gasteiger partial charge in [-0.2, -0.15) is 0 Å². The van der Waals surface area contributed by atoms with Gasteiger partial charge in [0.1, 0.15) is 10.6 Å². The van der Waals surface area contributed by atoms with Gasteiger partial charge in [-0.25, -0.2) is 9.78 Å². The van der Waals surface area contributed by atoms with Crippen molar-refractivity contribution in [2.45, 2.75) is 13.8 Å². The molecule has 0 spiro atoms. The number of carbonyl (C=O) groups excluding carboxylic acids is 1. The van der Waals surface area contributed by atoms with Crippen LogP contribution in [0.4, 0.5) is 10.8 Å². The van der Waals surface area contributed by atoms with Crippen LogP contribution in [0.2, 0.25) is 0 Å². The second-order valence-corrected chi connectivity index (χ2v) is 5.01. The molecule has 2 aromatic rings. The standard InChI is InChI=1S/C14H16N2O3S/c1-4-19-13(17)12-9(2)15-14(20-12)16-10-5-7-11(18-3)8-6-10/h5-8H,4H2,1-3H3,(H,15,16). The number of benzene rings is 1. The molecule has 0 radical (unpaired) electrons. The number of nitrogens with zero attached hydrogens (tertiary/aromatic N) is 1. The SMILES string of the molecule is CCOC(=O)c1sc(Nc2ccc(OC)cc2)nc1C. The van der Waals surface area contributed by atoms with Crippen molar-refractivity contribution in [3.63, 3.8) is 0 Å². The van der Waals surface area contributed by atoms with Crippen LogP contribution in [-0.2, 0) is 4.74 Å². The van der Waals surface area contributed by atoms with E-state index in [1.54, 1.807) is 21.0 Å². The molecule has 20 heavy (non-hydrogen) atoms. The Kier molecular flexibility index (Phi) is 4.57. The van der Waals surface area contributed by atoms with E-state index in [2.05, 4.69) is 10.3 Å². The predicted molar refractivity (Wildman–Crippen MR) is 79.1 cm³/mol. The van der Waals surface area contributed by atoms with E-state index in [1.165, 1.54) is 11.3 Å². The second-order valence-electron chi connectivity index (χ2n) is 4.01. The van der Waals surface area contributed by atoms with Crippen LogP contribution in [-0.4, -0.2) is 24.7 Å². The second kappa shape index (κ2) is 6.38. The van der Waals surface area contributed by atoms with Crippen molar-refractivity contribution in [2.24, 2.45) is 0 Å². The lowest BCUT2D eigenvalue weighted by atomic mass is 10.3. The number of aromatic nitrogens is 1. The van der Waals surface area contributed by atoms with Crippen molar-refractivity contribution in [2.75, 3.05) is 19.0 Å². The topological polar surface area (TPSA) is 60.5 Å². The largest absolute Gasteiger partial charge is 0.497 e. The molecule has 0 unspecified atom stereocenters. The van der Waals surface area contributed by atoms with Gasteiger partial charge in [-0.05, 0) is 38.1 Å². The van der Waals surface area contributed by atoms with Crippen LogP contribution >= 0.6 is 11.3 Å². The van der Waals surface area contributed by atoms with E-state index in [1.807, 2.05) is 24.3 Å². The monoisotopic (exact) mass is 292 g/mol. The van der Waals surface area contributed by atoms with Crippen LogP contribution in [0.25, 0.3) is 0 Å². The van der Waals surface area contributed by atoms with Gasteiger partial charge in [0.05, 0.1) is 19.4 Å². The molecule has 0 aliphatic heterocycles. The van der Waals surface area contributed by atoms with Gasteiger partial charge in [0, 0.05) is 5.69 Å². The van der Waals surface area contributed by atoms with E-state index >= 15 is 0 Å². The number of anilines is 2. The maximum absolute atomic E-state index is 11.7. The average molecular weight is 292 g/mol. The quantitative estimate of drug-likeness (QED) is 0.856. The number of methoxy groups -OCH3 is 1. The number of hydrogen-bond acceptors (Lipinski definition) is 6. The summed E-state index contributed by atoms with van der Waals surface area (Å²) in [5.74, 6) is 0.461. The maximum atomic E-state index is 11.7. The fraction of sp³-hybridized carbons (Fsp3) is 0.286. The molecule has 0 aliphatic carbocycles. The van der Waals surface area contributed by atoms with Gasteiger partial charge in [0.25, 0.3) is 0 Å². The van der Waals surface area contributed by atoms with Gasteiger partial charge in [-0.15, -0.1) is 0 Å². The third-order valence-corrected chi connectivity index (χ3v) is 3.65. The Labute approximate surface area is 121 Å². The Hall–Kier alpha value is -2.08. The lowest BCUT2D eigenvalue weighted by molar-refractivity contribution is 0.0531. The van der Waals surface area contributed by atoms with Crippen LogP contribution in [0.5, 0.6) is 5.75 Å². The molecule has 0 fully saturated rings. The Bertz CT molecular complexity index is 593. The summed E-state index contributed by atoms with van der Waals surface area (Å²) < 4.78 is 10.1. The molecule has 2 rings (SSSR count). The lowest BCUT2D eigenvalue weighted by Crippen LogP contribution is -2.03. The smallest absolute Gasteiger partial charge is 0.350 e. The normalized spacial score (nSPS) is 10.2. The van der Waals surface area contributed by atoms with Gasteiger partial charge < -0.3 is 14.8 Å². The molecule has 0 atom stereocenters. The average Bonchev–Trinajstić information content (AvgIpc) is 2.81. The highest BCUT2D eigenvalue weighted by atomic mass is 32.1. The van der Waals surface area contributed by atoms with Crippen molar-refractivity contribution in [3.8, 4) is 5.75 Å². The van der Waals surface area contributed by atoms with E-state index in [4.69, 9.17) is 9.47 Å². The Balaban J connectivity index is 2.13. The summed E-state index contributed by atoms with van der Waals surface area (Å²) in [6.07, 6.45) is 0. The summed E-state index contributed by atoms with van der Waals surface area (Å²) in [5, 5.41) is 3.82. The summed E-state index contributed by atoms with van der Waals surface area (Å²) in [4.78, 5) is 16.6. The van der Waals surface area contributed by atoms with Crippen molar-refractivity contribution in [1.29, 1.82) is 0 Å². The van der Waals surface area contributed by atoms with E-state index < -0.39 is 0 Å². The molecule has 0 saturated carbocycles. The van der Waals surface area contributed by atoms with Gasteiger partial charge in [0.2, 0.25) is 0 Å². The first-order chi connectivity index (χ1) is 9.63. The van der Waals surface area contributed by atoms with Crippen molar-refractivity contribution in [3.05, 3.63) is 34.8 Å². The third kappa shape index (κ3) is 3.27. The summed E-state index contributed by atoms with van der Waals surface area (Å²) in [5.41, 5.74) is 1.56. The molecule has 1 heterocycles. The number of ether oxygens (including phenoxy) is 2. The van der Waals surface area contributed by atoms with Crippen LogP contribution in [0.3, 0.4) is 0 Å². The molecule has 5 nitrogen and oxygen atoms in total. The summed E-state index contributed by atoms with van der Waals surface area (Å²) in [7, 11) is 1.62. The number of hydrogen-bond donors (Lipinski definition) is 1. The maximum Gasteiger partial charge on any atom is 0.350 e. The first-order valence-corrected chi connectivity index (χ1v) is 7.01. The fourth-order valence-corrected chi connectivity index (χ4v) is 2.51. The summed E-state index contributed by atoms with van der Waals surface area (Å²) >= 11 is 1.28. The molecule has 1 N–H and O–H groups in total. The Morgan fingerprint density at radius 2 is 2.05 bits per heavy atom. The fourth-order valence-electron chi connectivity index (χ4n) is 1.63. The van der Waals surface area contributed by atoms with Gasteiger partial charge >= 0.3 is 5.97 Å². The summed E-state index contributed by atoms with van der Waals surface area (Å²) in [6, 6.07) is 7.49. The van der Waals surface area contributed by atoms with Crippen LogP contribution in [0, 0.1) is 6.92 Å². The van der Waals surface area contributed by atoms with Crippen molar-refractivity contribution < 1.29 is 14.3 Å². The molecule has 1 aromatic carbocycles. The number of thiazole rings is 1. The van der Waals surface area contributed by atoms with E-state index in [0.717, 1.165) is 11.4 Å². The Morgan fingerprint density at radius 1 is 1.35 bits per heavy atom. The summed E-state index contributed by atoms with van der Waals surface area (Å²) in [6.45, 7) is 3.93. The van der Waals surface area contributed by atoms with Gasteiger partial charge in [-0.1, -0.05) is 11.3 Å². The highest BCUT2D eigenvalue weighted by molar-refractivity contribution is 7.17. The minimum atomic E-state index is -0.328. The minimum absolute atomic E-state index is 0.328. The van der Waals surface area contributed by atoms with Crippen LogP contribution in [0.15, 0.2) is 24.3 Å². The molecule has 106 valence electrons. The van der Waals surface area contributed by atoms with E-state index in [9.17, 15) is 4.79 Å². The highest BCUT2D eigenvalue weighted by Gasteiger charge is 2.16. The molecule has 0 amide bonds. The van der Waals surface area contributed by atoms with E-state index in [-0.39, 0.29) is 5.97 Å². The number of carbonyl (C=O) groups is 1. The molecule has 6 heteroatoms. The number of nitrogens with one attached hydrogen (secondary N) is 1. The van der Waals surface area contributed by atoms with E-state index in [0.29, 0.717) is 22.3 Å². The number of rotatable bonds is 5. The zero-order valence-corrected chi connectivity index (χ0v) is 12.4. The molecule has 0 aliphatic rings. The first kappa shape index (κ1) is 14.3. The predicted octanol–water partition coefficient (Wildman–Crippen LogP) is 3.38. The van der Waals surface area contributed by atoms with Crippen LogP contribution in [0.1, 0.15) is 22.3 Å². The molecular weight excluding hydrogens is 276 g/mol. The van der Waals surface area contributed by atoms with Crippen molar-refractivity contribution >= 4 is 28.1 Å². The minimum Gasteiger partial charge on any atom is -0.497 e. The van der Waals surface area contributed by atoms with Gasteiger partial charge in [0.15, 0.2) is 5.13 Å². The number of esters is 1. The molecule has 0 bridgehead atoms. The zero-order valence-electron chi connectivity index (χ0n) is 11.6. The van der Waals surface area contributed by atoms with Crippen LogP contribution < -0.4 is 10.1 Å². The Morgan fingerprint density at radius 3 is 2.65 bits per heavy atom. The third-order valence-electron chi connectivity index (χ3n) is 2.60. The van der Waals surface area contributed by atoms with Crippen molar-refractivity contribution in [1.82, 2.24) is 4.98 Å². The highest BCUT2D eigenvalue weighted by Crippen LogP contribution is 2.27. The zero-order chi connectivity index (χ0) is 14.5. The lowest BCUT2D eigenvalue weighted by Gasteiger charge is -2.03. The number of aryl methyl sites for hydroxylation is 1. The molecular formula is C14H16N2O3S. The first-order valence-electron chi connectivity index (χ1n) is 6.19. The molecule has 1 aromatic heterocycles. The molecule has 0 saturated heterocycles. The van der Waals surface area contributed by atoms with Gasteiger partial charge in [-0.3, -0.25) is 0 Å².